The van der Waals surface area contributed by atoms with Crippen molar-refractivity contribution in [2.45, 2.75) is 46.1 Å². The second kappa shape index (κ2) is 11.1. The first-order chi connectivity index (χ1) is 20.4. The van der Waals surface area contributed by atoms with E-state index in [2.05, 4.69) is 79.1 Å². The molecule has 1 aromatic heterocycles. The number of unbranched alkanes of at least 4 members (excludes halogenated alkanes) is 1. The minimum atomic E-state index is 0.487. The van der Waals surface area contributed by atoms with Crippen LogP contribution in [0.25, 0.3) is 38.5 Å². The molecule has 2 nitrogen and oxygen atoms in total. The van der Waals surface area contributed by atoms with Gasteiger partial charge in [-0.25, -0.2) is 4.99 Å². The predicted molar refractivity (Wildman–Crippen MR) is 183 cm³/mol. The summed E-state index contributed by atoms with van der Waals surface area (Å²) >= 11 is 20.2. The lowest BCUT2D eigenvalue weighted by molar-refractivity contribution is 0.563. The van der Waals surface area contributed by atoms with Crippen LogP contribution in [0.4, 0.5) is 5.69 Å². The fourth-order valence-corrected chi connectivity index (χ4v) is 7.35. The van der Waals surface area contributed by atoms with Gasteiger partial charge in [-0.3, -0.25) is 0 Å². The molecule has 0 saturated heterocycles. The molecule has 0 N–H and O–H groups in total. The lowest BCUT2D eigenvalue weighted by Crippen LogP contribution is -2.16. The Bertz CT molecular complexity index is 2070. The molecule has 0 bridgehead atoms. The molecule has 0 amide bonds. The van der Waals surface area contributed by atoms with Crippen LogP contribution in [0.5, 0.6) is 0 Å². The maximum absolute atomic E-state index is 7.13. The Hall–Kier alpha value is -3.30. The van der Waals surface area contributed by atoms with Crippen molar-refractivity contribution in [3.05, 3.63) is 116 Å². The number of aromatic nitrogens is 1. The minimum absolute atomic E-state index is 0.487. The van der Waals surface area contributed by atoms with Gasteiger partial charge >= 0.3 is 0 Å². The van der Waals surface area contributed by atoms with Gasteiger partial charge < -0.3 is 4.57 Å². The maximum Gasteiger partial charge on any atom is 0.0723 e. The summed E-state index contributed by atoms with van der Waals surface area (Å²) in [6.07, 6.45) is 12.9. The van der Waals surface area contributed by atoms with Crippen LogP contribution < -0.4 is 5.35 Å². The van der Waals surface area contributed by atoms with Crippen molar-refractivity contribution in [3.63, 3.8) is 0 Å². The SMILES string of the molecule is CCCCn1c(=CC=C2CC(C)CC(C=CC3=Nc4ccc(Cl)c5cccc3c45)=C2Cl)c2cccc3c(Cl)ccc1c32. The van der Waals surface area contributed by atoms with Crippen LogP contribution >= 0.6 is 34.8 Å². The highest BCUT2D eigenvalue weighted by molar-refractivity contribution is 6.38. The van der Waals surface area contributed by atoms with Crippen LogP contribution in [-0.2, 0) is 6.54 Å². The molecule has 2 aliphatic rings. The molecule has 1 unspecified atom stereocenters. The normalized spacial score (nSPS) is 18.6. The van der Waals surface area contributed by atoms with Gasteiger partial charge in [0.1, 0.15) is 0 Å². The van der Waals surface area contributed by atoms with E-state index < -0.39 is 0 Å². The number of hydrogen-bond acceptors (Lipinski definition) is 1. The van der Waals surface area contributed by atoms with Gasteiger partial charge in [0.05, 0.1) is 11.4 Å². The summed E-state index contributed by atoms with van der Waals surface area (Å²) < 4.78 is 2.45. The molecule has 210 valence electrons. The Morgan fingerprint density at radius 2 is 1.57 bits per heavy atom. The summed E-state index contributed by atoms with van der Waals surface area (Å²) in [7, 11) is 0. The van der Waals surface area contributed by atoms with Crippen molar-refractivity contribution in [1.29, 1.82) is 0 Å². The molecule has 0 fully saturated rings. The zero-order valence-electron chi connectivity index (χ0n) is 23.7. The number of rotatable bonds is 6. The van der Waals surface area contributed by atoms with E-state index in [0.29, 0.717) is 5.92 Å². The average molecular weight is 610 g/mol. The fourth-order valence-electron chi connectivity index (χ4n) is 6.63. The molecule has 42 heavy (non-hydrogen) atoms. The summed E-state index contributed by atoms with van der Waals surface area (Å²) in [6, 6.07) is 20.8. The Morgan fingerprint density at radius 3 is 2.38 bits per heavy atom. The maximum atomic E-state index is 7.13. The number of aryl methyl sites for hydroxylation is 1. The second-order valence-electron chi connectivity index (χ2n) is 11.5. The molecule has 1 aliphatic carbocycles. The first-order valence-corrected chi connectivity index (χ1v) is 15.9. The summed E-state index contributed by atoms with van der Waals surface area (Å²) in [5.41, 5.74) is 6.59. The molecule has 5 heteroatoms. The minimum Gasteiger partial charge on any atom is -0.340 e. The first-order valence-electron chi connectivity index (χ1n) is 14.7. The van der Waals surface area contributed by atoms with Crippen molar-refractivity contribution in [1.82, 2.24) is 4.57 Å². The number of allylic oxidation sites excluding steroid dienone is 6. The van der Waals surface area contributed by atoms with Gasteiger partial charge in [0.25, 0.3) is 0 Å². The van der Waals surface area contributed by atoms with E-state index in [-0.39, 0.29) is 0 Å². The molecule has 0 radical (unpaired) electrons. The molecule has 1 atom stereocenters. The lowest BCUT2D eigenvalue weighted by atomic mass is 9.86. The second-order valence-corrected chi connectivity index (χ2v) is 12.7. The standard InChI is InChI=1S/C37H31Cl3N2/c1-3-4-19-42-33(28-10-6-8-26-30(39)14-18-34(42)36(26)28)17-12-24-21-22(2)20-23(37(24)40)11-15-31-27-9-5-7-25-29(38)13-16-32(41-31)35(25)27/h5-18,22H,3-4,19-21H2,1-2H3. The van der Waals surface area contributed by atoms with Crippen LogP contribution in [0.3, 0.4) is 0 Å². The van der Waals surface area contributed by atoms with Gasteiger partial charge in [0.15, 0.2) is 0 Å². The first kappa shape index (κ1) is 27.5. The molecule has 7 rings (SSSR count). The largest absolute Gasteiger partial charge is 0.340 e. The summed E-state index contributed by atoms with van der Waals surface area (Å²) in [5.74, 6) is 0.487. The van der Waals surface area contributed by atoms with Crippen LogP contribution in [0, 0.1) is 5.92 Å². The zero-order chi connectivity index (χ0) is 29.0. The van der Waals surface area contributed by atoms with Crippen LogP contribution in [0.1, 0.15) is 45.1 Å². The summed E-state index contributed by atoms with van der Waals surface area (Å²) in [6.45, 7) is 5.50. The number of nitrogens with zero attached hydrogens (tertiary/aromatic N) is 2. The molecular formula is C37H31Cl3N2. The number of aliphatic imine (C=N–C) groups is 1. The molecule has 2 heterocycles. The number of halogens is 3. The van der Waals surface area contributed by atoms with E-state index in [1.165, 1.54) is 27.2 Å². The molecule has 4 aromatic carbocycles. The summed E-state index contributed by atoms with van der Waals surface area (Å²) in [4.78, 5) is 4.92. The molecular weight excluding hydrogens is 579 g/mol. The van der Waals surface area contributed by atoms with Crippen molar-refractivity contribution in [2.24, 2.45) is 10.9 Å². The van der Waals surface area contributed by atoms with Crippen molar-refractivity contribution in [2.75, 3.05) is 0 Å². The molecule has 0 saturated carbocycles. The third kappa shape index (κ3) is 4.61. The van der Waals surface area contributed by atoms with Gasteiger partial charge in [-0.05, 0) is 72.7 Å². The average Bonchev–Trinajstić information content (AvgIpc) is 3.51. The van der Waals surface area contributed by atoms with E-state index in [1.54, 1.807) is 0 Å². The highest BCUT2D eigenvalue weighted by Crippen LogP contribution is 2.40. The predicted octanol–water partition coefficient (Wildman–Crippen LogP) is 11.1. The third-order valence-corrected chi connectivity index (χ3v) is 9.77. The van der Waals surface area contributed by atoms with Crippen LogP contribution in [0.15, 0.2) is 100 Å². The van der Waals surface area contributed by atoms with Gasteiger partial charge in [0.2, 0.25) is 0 Å². The van der Waals surface area contributed by atoms with E-state index in [4.69, 9.17) is 39.8 Å². The lowest BCUT2D eigenvalue weighted by Gasteiger charge is -2.22. The Balaban J connectivity index is 1.30. The quantitative estimate of drug-likeness (QED) is 0.182. The summed E-state index contributed by atoms with van der Waals surface area (Å²) in [5, 5.41) is 9.34. The van der Waals surface area contributed by atoms with E-state index >= 15 is 0 Å². The molecule has 0 spiro atoms. The zero-order valence-corrected chi connectivity index (χ0v) is 26.0. The van der Waals surface area contributed by atoms with Gasteiger partial charge in [-0.1, -0.05) is 104 Å². The smallest absolute Gasteiger partial charge is 0.0723 e. The highest BCUT2D eigenvalue weighted by atomic mass is 35.5. The monoisotopic (exact) mass is 608 g/mol. The van der Waals surface area contributed by atoms with E-state index in [0.717, 1.165) is 86.0 Å². The Kier molecular flexibility index (Phi) is 7.26. The van der Waals surface area contributed by atoms with Crippen LogP contribution in [-0.4, -0.2) is 10.3 Å². The van der Waals surface area contributed by atoms with Crippen LogP contribution in [0.2, 0.25) is 10.0 Å². The Labute approximate surface area is 261 Å². The number of benzene rings is 4. The van der Waals surface area contributed by atoms with E-state index in [1.807, 2.05) is 24.3 Å². The third-order valence-electron chi connectivity index (χ3n) is 8.63. The molecule has 1 aliphatic heterocycles. The van der Waals surface area contributed by atoms with E-state index in [9.17, 15) is 0 Å². The van der Waals surface area contributed by atoms with Gasteiger partial charge in [-0.15, -0.1) is 0 Å². The van der Waals surface area contributed by atoms with Crippen molar-refractivity contribution in [3.8, 4) is 0 Å². The van der Waals surface area contributed by atoms with Crippen molar-refractivity contribution < 1.29 is 0 Å². The number of hydrogen-bond donors (Lipinski definition) is 0. The fraction of sp³-hybridized carbons (Fsp3) is 0.216. The van der Waals surface area contributed by atoms with Gasteiger partial charge in [0, 0.05) is 65.0 Å². The Morgan fingerprint density at radius 1 is 0.833 bits per heavy atom. The van der Waals surface area contributed by atoms with Crippen molar-refractivity contribution >= 4 is 84.7 Å². The van der Waals surface area contributed by atoms with Gasteiger partial charge in [-0.2, -0.15) is 0 Å². The highest BCUT2D eigenvalue weighted by Gasteiger charge is 2.22. The molecule has 5 aromatic rings. The topological polar surface area (TPSA) is 17.3 Å².